The highest BCUT2D eigenvalue weighted by atomic mass is 32.2. The lowest BCUT2D eigenvalue weighted by molar-refractivity contribution is 0.510. The van der Waals surface area contributed by atoms with Gasteiger partial charge >= 0.3 is 0 Å². The van der Waals surface area contributed by atoms with E-state index in [1.54, 1.807) is 26.2 Å². The number of aryl methyl sites for hydroxylation is 2. The largest absolute Gasteiger partial charge is 0.377 e. The number of aromatic nitrogens is 3. The molecule has 0 amide bonds. The number of nitrogens with one attached hydrogen (secondary N) is 1. The van der Waals surface area contributed by atoms with Crippen molar-refractivity contribution in [3.63, 3.8) is 0 Å². The molecular weight excluding hydrogens is 338 g/mol. The first-order valence-corrected chi connectivity index (χ1v) is 9.93. The molecule has 1 N–H and O–H groups in total. The van der Waals surface area contributed by atoms with E-state index in [9.17, 15) is 8.42 Å². The second kappa shape index (κ2) is 6.76. The summed E-state index contributed by atoms with van der Waals surface area (Å²) in [5.74, 6) is 1.94. The summed E-state index contributed by atoms with van der Waals surface area (Å²) in [5.41, 5.74) is 2.79. The van der Waals surface area contributed by atoms with Crippen LogP contribution in [0, 0.1) is 13.8 Å². The molecule has 0 aliphatic carbocycles. The van der Waals surface area contributed by atoms with Crippen LogP contribution in [-0.4, -0.2) is 41.6 Å². The van der Waals surface area contributed by atoms with Crippen LogP contribution in [0.3, 0.4) is 0 Å². The van der Waals surface area contributed by atoms with Crippen LogP contribution in [0.2, 0.25) is 0 Å². The van der Waals surface area contributed by atoms with Crippen LogP contribution < -0.4 is 5.32 Å². The standard InChI is InChI=1S/C17H25N5O2S/c1-12-9-14(25(23,24)21(3)4)10-15(13(12)2)18-11-17-20-19-16-7-5-6-8-22(16)17/h9-10,18H,5-8,11H2,1-4H3. The highest BCUT2D eigenvalue weighted by Gasteiger charge is 2.20. The maximum atomic E-state index is 12.4. The Morgan fingerprint density at radius 3 is 2.68 bits per heavy atom. The molecule has 2 heterocycles. The molecule has 0 spiro atoms. The average molecular weight is 363 g/mol. The molecule has 0 saturated heterocycles. The van der Waals surface area contributed by atoms with Gasteiger partial charge in [-0.25, -0.2) is 12.7 Å². The molecule has 1 aliphatic rings. The molecular formula is C17H25N5O2S. The molecule has 0 radical (unpaired) electrons. The number of fused-ring (bicyclic) bond motifs is 1. The first-order chi connectivity index (χ1) is 11.8. The van der Waals surface area contributed by atoms with Crippen LogP contribution in [0.25, 0.3) is 0 Å². The second-order valence-electron chi connectivity index (χ2n) is 6.69. The maximum absolute atomic E-state index is 12.4. The van der Waals surface area contributed by atoms with E-state index in [0.29, 0.717) is 11.4 Å². The minimum absolute atomic E-state index is 0.298. The van der Waals surface area contributed by atoms with Crippen LogP contribution in [0.4, 0.5) is 5.69 Å². The fourth-order valence-corrected chi connectivity index (χ4v) is 4.06. The predicted octanol–water partition coefficient (Wildman–Crippen LogP) is 2.09. The van der Waals surface area contributed by atoms with Gasteiger partial charge in [-0.15, -0.1) is 10.2 Å². The SMILES string of the molecule is Cc1cc(S(=O)(=O)N(C)C)cc(NCc2nnc3n2CCCC3)c1C. The summed E-state index contributed by atoms with van der Waals surface area (Å²) in [4.78, 5) is 0.298. The van der Waals surface area contributed by atoms with E-state index < -0.39 is 10.0 Å². The minimum Gasteiger partial charge on any atom is -0.377 e. The van der Waals surface area contributed by atoms with Crippen molar-refractivity contribution < 1.29 is 8.42 Å². The number of hydrogen-bond donors (Lipinski definition) is 1. The zero-order valence-electron chi connectivity index (χ0n) is 15.2. The molecule has 136 valence electrons. The fraction of sp³-hybridized carbons (Fsp3) is 0.529. The van der Waals surface area contributed by atoms with Gasteiger partial charge in [-0.1, -0.05) is 0 Å². The fourth-order valence-electron chi connectivity index (χ4n) is 3.04. The number of benzene rings is 1. The Kier molecular flexibility index (Phi) is 4.83. The van der Waals surface area contributed by atoms with Crippen molar-refractivity contribution in [2.75, 3.05) is 19.4 Å². The molecule has 1 aromatic carbocycles. The van der Waals surface area contributed by atoms with E-state index in [1.807, 2.05) is 13.8 Å². The van der Waals surface area contributed by atoms with Crippen molar-refractivity contribution in [2.45, 2.75) is 51.1 Å². The lowest BCUT2D eigenvalue weighted by Gasteiger charge is -2.18. The summed E-state index contributed by atoms with van der Waals surface area (Å²) in [7, 11) is -0.381. The van der Waals surface area contributed by atoms with Gasteiger partial charge in [0.05, 0.1) is 11.4 Å². The van der Waals surface area contributed by atoms with Gasteiger partial charge in [-0.05, 0) is 49.9 Å². The van der Waals surface area contributed by atoms with Crippen molar-refractivity contribution in [1.29, 1.82) is 0 Å². The first kappa shape index (κ1) is 17.9. The van der Waals surface area contributed by atoms with E-state index in [-0.39, 0.29) is 0 Å². The van der Waals surface area contributed by atoms with Gasteiger partial charge in [-0.3, -0.25) is 0 Å². The number of nitrogens with zero attached hydrogens (tertiary/aromatic N) is 4. The molecule has 0 unspecified atom stereocenters. The predicted molar refractivity (Wildman–Crippen MR) is 97.1 cm³/mol. The summed E-state index contributed by atoms with van der Waals surface area (Å²) in [6, 6.07) is 3.42. The number of sulfonamides is 1. The Morgan fingerprint density at radius 2 is 1.96 bits per heavy atom. The molecule has 8 heteroatoms. The van der Waals surface area contributed by atoms with Gasteiger partial charge in [-0.2, -0.15) is 0 Å². The van der Waals surface area contributed by atoms with Crippen molar-refractivity contribution in [3.05, 3.63) is 34.9 Å². The van der Waals surface area contributed by atoms with Gasteiger partial charge in [0.2, 0.25) is 10.0 Å². The van der Waals surface area contributed by atoms with Crippen molar-refractivity contribution in [2.24, 2.45) is 0 Å². The third-order valence-electron chi connectivity index (χ3n) is 4.79. The molecule has 1 aliphatic heterocycles. The smallest absolute Gasteiger partial charge is 0.242 e. The van der Waals surface area contributed by atoms with Gasteiger partial charge < -0.3 is 9.88 Å². The Bertz CT molecular complexity index is 887. The Labute approximate surface area is 149 Å². The Balaban J connectivity index is 1.88. The van der Waals surface area contributed by atoms with Gasteiger partial charge in [0, 0.05) is 32.7 Å². The summed E-state index contributed by atoms with van der Waals surface area (Å²) in [6.07, 6.45) is 3.28. The van der Waals surface area contributed by atoms with E-state index in [1.165, 1.54) is 4.31 Å². The summed E-state index contributed by atoms with van der Waals surface area (Å²) < 4.78 is 28.3. The van der Waals surface area contributed by atoms with Gasteiger partial charge in [0.25, 0.3) is 0 Å². The monoisotopic (exact) mass is 363 g/mol. The molecule has 7 nitrogen and oxygen atoms in total. The van der Waals surface area contributed by atoms with Crippen LogP contribution in [0.15, 0.2) is 17.0 Å². The lowest BCUT2D eigenvalue weighted by Crippen LogP contribution is -2.22. The number of hydrogen-bond acceptors (Lipinski definition) is 5. The molecule has 0 atom stereocenters. The topological polar surface area (TPSA) is 80.1 Å². The molecule has 2 aromatic rings. The van der Waals surface area contributed by atoms with Crippen molar-refractivity contribution >= 4 is 15.7 Å². The summed E-state index contributed by atoms with van der Waals surface area (Å²) in [6.45, 7) is 5.39. The van der Waals surface area contributed by atoms with E-state index in [4.69, 9.17) is 0 Å². The Morgan fingerprint density at radius 1 is 1.20 bits per heavy atom. The molecule has 0 bridgehead atoms. The van der Waals surface area contributed by atoms with Gasteiger partial charge in [0.15, 0.2) is 5.82 Å². The zero-order valence-corrected chi connectivity index (χ0v) is 16.0. The van der Waals surface area contributed by atoms with E-state index in [2.05, 4.69) is 20.1 Å². The molecule has 25 heavy (non-hydrogen) atoms. The lowest BCUT2D eigenvalue weighted by atomic mass is 10.1. The maximum Gasteiger partial charge on any atom is 0.242 e. The number of anilines is 1. The van der Waals surface area contributed by atoms with Gasteiger partial charge in [0.1, 0.15) is 5.82 Å². The van der Waals surface area contributed by atoms with Crippen LogP contribution in [0.1, 0.15) is 35.6 Å². The quantitative estimate of drug-likeness (QED) is 0.880. The zero-order chi connectivity index (χ0) is 18.2. The third-order valence-corrected chi connectivity index (χ3v) is 6.59. The highest BCUT2D eigenvalue weighted by Crippen LogP contribution is 2.26. The van der Waals surface area contributed by atoms with Crippen LogP contribution >= 0.6 is 0 Å². The van der Waals surface area contributed by atoms with Crippen molar-refractivity contribution in [3.8, 4) is 0 Å². The van der Waals surface area contributed by atoms with E-state index in [0.717, 1.165) is 54.3 Å². The van der Waals surface area contributed by atoms with Crippen LogP contribution in [-0.2, 0) is 29.5 Å². The Hall–Kier alpha value is -1.93. The molecule has 3 rings (SSSR count). The highest BCUT2D eigenvalue weighted by molar-refractivity contribution is 7.89. The van der Waals surface area contributed by atoms with Crippen molar-refractivity contribution in [1.82, 2.24) is 19.1 Å². The minimum atomic E-state index is -3.46. The molecule has 0 saturated carbocycles. The third kappa shape index (κ3) is 3.41. The summed E-state index contributed by atoms with van der Waals surface area (Å²) >= 11 is 0. The average Bonchev–Trinajstić information content (AvgIpc) is 2.99. The summed E-state index contributed by atoms with van der Waals surface area (Å²) in [5, 5.41) is 11.9. The molecule has 1 aromatic heterocycles. The first-order valence-electron chi connectivity index (χ1n) is 8.49. The molecule has 0 fully saturated rings. The van der Waals surface area contributed by atoms with E-state index >= 15 is 0 Å². The normalized spacial score (nSPS) is 14.6. The van der Waals surface area contributed by atoms with Crippen LogP contribution in [0.5, 0.6) is 0 Å². The second-order valence-corrected chi connectivity index (χ2v) is 8.85. The number of rotatable bonds is 5.